The standard InChI is InChI=1S/C24H30ClFN6O4S/c1-11(2)32-16-7-12(6-15(26)20(16)28-22(32)24(3,4)34)18-14(25)9-27-23(29-18)30-19-13-8-17(21(19)33)31(10-13)37(5,35)36/h6-7,9,11,13,17,19,21,33-34H,8,10H2,1-5H3,(H,27,29,30)/t13-,17-,19+,21+/m0/s1. The van der Waals surface area contributed by atoms with Crippen LogP contribution in [0.2, 0.25) is 5.02 Å². The Morgan fingerprint density at radius 1 is 1.27 bits per heavy atom. The highest BCUT2D eigenvalue weighted by Crippen LogP contribution is 2.41. The highest BCUT2D eigenvalue weighted by atomic mass is 35.5. The summed E-state index contributed by atoms with van der Waals surface area (Å²) in [4.78, 5) is 13.2. The molecule has 0 amide bonds. The lowest BCUT2D eigenvalue weighted by molar-refractivity contribution is 0.0641. The maximum absolute atomic E-state index is 15.3. The molecule has 0 spiro atoms. The van der Waals surface area contributed by atoms with Crippen LogP contribution >= 0.6 is 11.6 Å². The lowest BCUT2D eigenvalue weighted by Gasteiger charge is -2.34. The van der Waals surface area contributed by atoms with Gasteiger partial charge in [-0.15, -0.1) is 0 Å². The van der Waals surface area contributed by atoms with Crippen molar-refractivity contribution in [1.82, 2.24) is 23.8 Å². The Balaban J connectivity index is 1.51. The molecule has 3 N–H and O–H groups in total. The van der Waals surface area contributed by atoms with Crippen LogP contribution in [-0.4, -0.2) is 73.4 Å². The van der Waals surface area contributed by atoms with Gasteiger partial charge in [0.25, 0.3) is 0 Å². The van der Waals surface area contributed by atoms with Crippen molar-refractivity contribution >= 4 is 38.6 Å². The first kappa shape index (κ1) is 26.2. The maximum Gasteiger partial charge on any atom is 0.223 e. The summed E-state index contributed by atoms with van der Waals surface area (Å²) in [6.45, 7) is 7.36. The van der Waals surface area contributed by atoms with Gasteiger partial charge >= 0.3 is 0 Å². The SMILES string of the molecule is CC(C)n1c(C(C)(C)O)nc2c(F)cc(-c3nc(N[C@@H]4[C@H]5C[C@@H]([C@H]4O)N(S(C)(=O)=O)C5)ncc3Cl)cc21. The van der Waals surface area contributed by atoms with Gasteiger partial charge in [-0.1, -0.05) is 11.6 Å². The second kappa shape index (κ2) is 8.84. The minimum Gasteiger partial charge on any atom is -0.389 e. The quantitative estimate of drug-likeness (QED) is 0.425. The molecule has 1 saturated heterocycles. The van der Waals surface area contributed by atoms with Crippen molar-refractivity contribution in [2.24, 2.45) is 5.92 Å². The molecule has 0 unspecified atom stereocenters. The normalized spacial score (nSPS) is 24.5. The van der Waals surface area contributed by atoms with E-state index in [2.05, 4.69) is 20.3 Å². The third-order valence-corrected chi connectivity index (χ3v) is 8.70. The van der Waals surface area contributed by atoms with Crippen molar-refractivity contribution < 1.29 is 23.0 Å². The molecule has 2 fully saturated rings. The summed E-state index contributed by atoms with van der Waals surface area (Å²) in [5, 5.41) is 24.8. The molecule has 3 heterocycles. The largest absolute Gasteiger partial charge is 0.389 e. The van der Waals surface area contributed by atoms with Crippen LogP contribution in [0.25, 0.3) is 22.3 Å². The number of anilines is 1. The number of sulfonamides is 1. The Morgan fingerprint density at radius 2 is 1.97 bits per heavy atom. The average Bonchev–Trinajstić information content (AvgIpc) is 3.47. The first-order chi connectivity index (χ1) is 17.2. The molecule has 1 aromatic carbocycles. The molecular formula is C24H30ClFN6O4S. The topological polar surface area (TPSA) is 133 Å². The van der Waals surface area contributed by atoms with Crippen LogP contribution in [0.15, 0.2) is 18.3 Å². The molecule has 13 heteroatoms. The highest BCUT2D eigenvalue weighted by Gasteiger charge is 2.54. The third-order valence-electron chi connectivity index (χ3n) is 7.15. The number of hydrogen-bond acceptors (Lipinski definition) is 8. The van der Waals surface area contributed by atoms with E-state index >= 15 is 4.39 Å². The number of rotatable bonds is 6. The summed E-state index contributed by atoms with van der Waals surface area (Å²) in [5.41, 5.74) is 0.0422. The van der Waals surface area contributed by atoms with E-state index in [-0.39, 0.29) is 34.1 Å². The number of piperidine rings is 1. The lowest BCUT2D eigenvalue weighted by Crippen LogP contribution is -2.52. The van der Waals surface area contributed by atoms with Gasteiger partial charge in [0.15, 0.2) is 5.82 Å². The van der Waals surface area contributed by atoms with Crippen molar-refractivity contribution in [3.8, 4) is 11.3 Å². The zero-order valence-electron chi connectivity index (χ0n) is 21.1. The first-order valence-corrected chi connectivity index (χ1v) is 14.3. The lowest BCUT2D eigenvalue weighted by atomic mass is 10.0. The second-order valence-electron chi connectivity index (χ2n) is 10.7. The fourth-order valence-electron chi connectivity index (χ4n) is 5.57. The first-order valence-electron chi connectivity index (χ1n) is 12.1. The minimum atomic E-state index is -3.41. The molecule has 1 aliphatic carbocycles. The molecule has 2 bridgehead atoms. The number of fused-ring (bicyclic) bond motifs is 3. The zero-order valence-corrected chi connectivity index (χ0v) is 22.7. The molecule has 4 atom stereocenters. The number of imidazole rings is 1. The van der Waals surface area contributed by atoms with Gasteiger partial charge in [0.1, 0.15) is 16.9 Å². The highest BCUT2D eigenvalue weighted by molar-refractivity contribution is 7.88. The summed E-state index contributed by atoms with van der Waals surface area (Å²) in [6.07, 6.45) is 2.16. The van der Waals surface area contributed by atoms with Crippen molar-refractivity contribution in [2.75, 3.05) is 18.1 Å². The van der Waals surface area contributed by atoms with E-state index < -0.39 is 39.6 Å². The Hall–Kier alpha value is -2.38. The molecular weight excluding hydrogens is 523 g/mol. The van der Waals surface area contributed by atoms with Gasteiger partial charge < -0.3 is 20.1 Å². The Morgan fingerprint density at radius 3 is 2.57 bits per heavy atom. The predicted octanol–water partition coefficient (Wildman–Crippen LogP) is 2.90. The van der Waals surface area contributed by atoms with Crippen LogP contribution in [0, 0.1) is 11.7 Å². The summed E-state index contributed by atoms with van der Waals surface area (Å²) in [6, 6.07) is 1.98. The van der Waals surface area contributed by atoms with Crippen molar-refractivity contribution in [3.63, 3.8) is 0 Å². The smallest absolute Gasteiger partial charge is 0.223 e. The van der Waals surface area contributed by atoms with Gasteiger partial charge in [0, 0.05) is 18.2 Å². The number of aromatic nitrogens is 4. The van der Waals surface area contributed by atoms with Crippen LogP contribution in [0.5, 0.6) is 0 Å². The van der Waals surface area contributed by atoms with Crippen LogP contribution < -0.4 is 5.32 Å². The predicted molar refractivity (Wildman–Crippen MR) is 138 cm³/mol. The average molecular weight is 553 g/mol. The molecule has 10 nitrogen and oxygen atoms in total. The number of benzene rings is 1. The van der Waals surface area contributed by atoms with E-state index in [4.69, 9.17) is 11.6 Å². The van der Waals surface area contributed by atoms with E-state index in [9.17, 15) is 18.6 Å². The van der Waals surface area contributed by atoms with E-state index in [1.54, 1.807) is 24.5 Å². The Kier molecular flexibility index (Phi) is 6.27. The van der Waals surface area contributed by atoms with Crippen molar-refractivity contribution in [1.29, 1.82) is 0 Å². The van der Waals surface area contributed by atoms with E-state index in [0.29, 0.717) is 29.9 Å². The van der Waals surface area contributed by atoms with Crippen LogP contribution in [0.4, 0.5) is 10.3 Å². The van der Waals surface area contributed by atoms with Gasteiger partial charge in [0.2, 0.25) is 16.0 Å². The number of halogens is 2. The van der Waals surface area contributed by atoms with Crippen LogP contribution in [0.3, 0.4) is 0 Å². The molecule has 3 aromatic rings. The number of aliphatic hydroxyl groups excluding tert-OH is 1. The van der Waals surface area contributed by atoms with Gasteiger partial charge in [-0.3, -0.25) is 0 Å². The monoisotopic (exact) mass is 552 g/mol. The van der Waals surface area contributed by atoms with Crippen LogP contribution in [-0.2, 0) is 15.6 Å². The van der Waals surface area contributed by atoms with E-state index in [0.717, 1.165) is 6.26 Å². The summed E-state index contributed by atoms with van der Waals surface area (Å²) >= 11 is 6.43. The van der Waals surface area contributed by atoms with Gasteiger partial charge in [0.05, 0.1) is 46.9 Å². The molecule has 1 saturated carbocycles. The number of hydrogen-bond donors (Lipinski definition) is 3. The van der Waals surface area contributed by atoms with Crippen LogP contribution in [0.1, 0.15) is 46.0 Å². The molecule has 2 aromatic heterocycles. The number of nitrogens with one attached hydrogen (secondary N) is 1. The molecule has 5 rings (SSSR count). The number of nitrogens with zero attached hydrogens (tertiary/aromatic N) is 5. The van der Waals surface area contributed by atoms with Gasteiger partial charge in [-0.05, 0) is 52.2 Å². The molecule has 0 radical (unpaired) electrons. The summed E-state index contributed by atoms with van der Waals surface area (Å²) in [5.74, 6) is -0.145. The molecule has 200 valence electrons. The van der Waals surface area contributed by atoms with Crippen molar-refractivity contribution in [3.05, 3.63) is 35.0 Å². The van der Waals surface area contributed by atoms with Gasteiger partial charge in [-0.25, -0.2) is 27.8 Å². The molecule has 1 aliphatic heterocycles. The Bertz CT molecular complexity index is 1490. The summed E-state index contributed by atoms with van der Waals surface area (Å²) in [7, 11) is -3.41. The fourth-order valence-corrected chi connectivity index (χ4v) is 6.94. The molecule has 37 heavy (non-hydrogen) atoms. The maximum atomic E-state index is 15.3. The van der Waals surface area contributed by atoms with E-state index in [1.165, 1.54) is 16.6 Å². The number of aliphatic hydroxyl groups is 2. The Labute approximate surface area is 219 Å². The van der Waals surface area contributed by atoms with Crippen molar-refractivity contribution in [2.45, 2.75) is 63.9 Å². The van der Waals surface area contributed by atoms with Gasteiger partial charge in [-0.2, -0.15) is 4.31 Å². The minimum absolute atomic E-state index is 0.105. The third kappa shape index (κ3) is 4.48. The molecule has 2 aliphatic rings. The second-order valence-corrected chi connectivity index (χ2v) is 13.1. The summed E-state index contributed by atoms with van der Waals surface area (Å²) < 4.78 is 42.4. The van der Waals surface area contributed by atoms with E-state index in [1.807, 2.05) is 13.8 Å². The zero-order chi connectivity index (χ0) is 27.0. The fraction of sp³-hybridized carbons (Fsp3) is 0.542.